The van der Waals surface area contributed by atoms with Crippen LogP contribution in [0.25, 0.3) is 5.69 Å². The second kappa shape index (κ2) is 8.39. The van der Waals surface area contributed by atoms with Crippen molar-refractivity contribution in [2.45, 2.75) is 11.3 Å². The van der Waals surface area contributed by atoms with Gasteiger partial charge in [0.25, 0.3) is 0 Å². The van der Waals surface area contributed by atoms with Crippen LogP contribution < -0.4 is 10.1 Å². The first-order chi connectivity index (χ1) is 13.4. The van der Waals surface area contributed by atoms with Gasteiger partial charge in [0.2, 0.25) is 5.91 Å². The molecule has 1 heterocycles. The number of halogens is 3. The minimum atomic E-state index is -4.46. The minimum absolute atomic E-state index is 0.00339. The van der Waals surface area contributed by atoms with Gasteiger partial charge < -0.3 is 10.1 Å². The van der Waals surface area contributed by atoms with Gasteiger partial charge in [-0.25, -0.2) is 4.98 Å². The van der Waals surface area contributed by atoms with Crippen molar-refractivity contribution in [3.05, 3.63) is 66.5 Å². The number of benzene rings is 2. The van der Waals surface area contributed by atoms with Gasteiger partial charge in [-0.1, -0.05) is 17.8 Å². The summed E-state index contributed by atoms with van der Waals surface area (Å²) in [6.45, 7) is 0. The lowest BCUT2D eigenvalue weighted by Gasteiger charge is -2.10. The first-order valence-corrected chi connectivity index (χ1v) is 9.13. The van der Waals surface area contributed by atoms with Crippen molar-refractivity contribution in [1.29, 1.82) is 0 Å². The Bertz CT molecular complexity index is 956. The zero-order chi connectivity index (χ0) is 20.1. The van der Waals surface area contributed by atoms with Crippen molar-refractivity contribution in [2.75, 3.05) is 18.2 Å². The minimum Gasteiger partial charge on any atom is -0.497 e. The summed E-state index contributed by atoms with van der Waals surface area (Å²) >= 11 is 1.18. The second-order valence-electron chi connectivity index (χ2n) is 5.69. The maximum Gasteiger partial charge on any atom is 0.416 e. The molecular weight excluding hydrogens is 391 g/mol. The fourth-order valence-corrected chi connectivity index (χ4v) is 3.21. The standard InChI is InChI=1S/C19H16F3N3O2S/c1-27-16-7-5-15(6-8-16)25-10-9-23-18(25)28-12-17(26)24-14-4-2-3-13(11-14)19(20,21)22/h2-11H,12H2,1H3,(H,24,26). The Morgan fingerprint density at radius 1 is 1.21 bits per heavy atom. The highest BCUT2D eigenvalue weighted by atomic mass is 32.2. The number of carbonyl (C=O) groups excluding carboxylic acids is 1. The van der Waals surface area contributed by atoms with Crippen LogP contribution >= 0.6 is 11.8 Å². The fourth-order valence-electron chi connectivity index (χ4n) is 2.44. The summed E-state index contributed by atoms with van der Waals surface area (Å²) < 4.78 is 45.2. The van der Waals surface area contributed by atoms with Crippen LogP contribution in [0.15, 0.2) is 66.1 Å². The topological polar surface area (TPSA) is 56.2 Å². The van der Waals surface area contributed by atoms with E-state index in [0.29, 0.717) is 5.16 Å². The van der Waals surface area contributed by atoms with E-state index in [4.69, 9.17) is 4.74 Å². The highest BCUT2D eigenvalue weighted by Crippen LogP contribution is 2.30. The molecule has 1 aromatic heterocycles. The van der Waals surface area contributed by atoms with Crippen LogP contribution in [0.5, 0.6) is 5.75 Å². The van der Waals surface area contributed by atoms with E-state index >= 15 is 0 Å². The lowest BCUT2D eigenvalue weighted by molar-refractivity contribution is -0.137. The molecule has 0 saturated heterocycles. The van der Waals surface area contributed by atoms with Crippen LogP contribution in [0.4, 0.5) is 18.9 Å². The van der Waals surface area contributed by atoms with E-state index in [0.717, 1.165) is 23.6 Å². The van der Waals surface area contributed by atoms with Crippen LogP contribution in [0.3, 0.4) is 0 Å². The van der Waals surface area contributed by atoms with Gasteiger partial charge in [-0.2, -0.15) is 13.2 Å². The lowest BCUT2D eigenvalue weighted by Crippen LogP contribution is -2.15. The number of rotatable bonds is 6. The molecule has 0 aliphatic rings. The Morgan fingerprint density at radius 3 is 2.64 bits per heavy atom. The summed E-state index contributed by atoms with van der Waals surface area (Å²) in [5.41, 5.74) is 0.131. The molecule has 3 rings (SSSR count). The molecule has 1 amide bonds. The average molecular weight is 407 g/mol. The van der Waals surface area contributed by atoms with Crippen molar-refractivity contribution >= 4 is 23.4 Å². The molecule has 9 heteroatoms. The third-order valence-corrected chi connectivity index (χ3v) is 4.73. The third kappa shape index (κ3) is 4.86. The summed E-state index contributed by atoms with van der Waals surface area (Å²) in [6.07, 6.45) is -1.09. The first-order valence-electron chi connectivity index (χ1n) is 8.14. The average Bonchev–Trinajstić information content (AvgIpc) is 3.14. The van der Waals surface area contributed by atoms with E-state index in [1.807, 2.05) is 28.8 Å². The number of amides is 1. The molecule has 3 aromatic rings. The summed E-state index contributed by atoms with van der Waals surface area (Å²) in [6, 6.07) is 11.9. The van der Waals surface area contributed by atoms with Crippen molar-refractivity contribution in [2.24, 2.45) is 0 Å². The molecule has 0 aliphatic heterocycles. The zero-order valence-electron chi connectivity index (χ0n) is 14.7. The lowest BCUT2D eigenvalue weighted by atomic mass is 10.2. The molecule has 0 bridgehead atoms. The Kier molecular flexibility index (Phi) is 5.93. The van der Waals surface area contributed by atoms with E-state index in [1.165, 1.54) is 23.9 Å². The quantitative estimate of drug-likeness (QED) is 0.606. The van der Waals surface area contributed by atoms with Crippen LogP contribution in [-0.2, 0) is 11.0 Å². The number of nitrogens with one attached hydrogen (secondary N) is 1. The van der Waals surface area contributed by atoms with Gasteiger partial charge in [-0.15, -0.1) is 0 Å². The number of anilines is 1. The monoisotopic (exact) mass is 407 g/mol. The summed E-state index contributed by atoms with van der Waals surface area (Å²) in [7, 11) is 1.58. The van der Waals surface area contributed by atoms with Crippen molar-refractivity contribution in [3.63, 3.8) is 0 Å². The van der Waals surface area contributed by atoms with Crippen molar-refractivity contribution < 1.29 is 22.7 Å². The number of alkyl halides is 3. The Hall–Kier alpha value is -2.94. The maximum absolute atomic E-state index is 12.8. The van der Waals surface area contributed by atoms with Gasteiger partial charge in [0.05, 0.1) is 18.4 Å². The predicted molar refractivity (Wildman–Crippen MR) is 101 cm³/mol. The molecule has 0 aliphatic carbocycles. The molecule has 28 heavy (non-hydrogen) atoms. The zero-order valence-corrected chi connectivity index (χ0v) is 15.6. The number of methoxy groups -OCH3 is 1. The van der Waals surface area contributed by atoms with Crippen LogP contribution in [0.1, 0.15) is 5.56 Å². The largest absolute Gasteiger partial charge is 0.497 e. The molecule has 0 unspecified atom stereocenters. The molecule has 0 fully saturated rings. The number of aromatic nitrogens is 2. The van der Waals surface area contributed by atoms with E-state index in [-0.39, 0.29) is 11.4 Å². The van der Waals surface area contributed by atoms with E-state index in [2.05, 4.69) is 10.3 Å². The number of ether oxygens (including phenoxy) is 1. The van der Waals surface area contributed by atoms with Gasteiger partial charge in [-0.3, -0.25) is 9.36 Å². The Morgan fingerprint density at radius 2 is 1.96 bits per heavy atom. The van der Waals surface area contributed by atoms with Crippen LogP contribution in [0.2, 0.25) is 0 Å². The summed E-state index contributed by atoms with van der Waals surface area (Å²) in [5, 5.41) is 3.07. The Balaban J connectivity index is 1.63. The maximum atomic E-state index is 12.8. The third-order valence-electron chi connectivity index (χ3n) is 3.76. The normalized spacial score (nSPS) is 11.3. The number of imidazole rings is 1. The van der Waals surface area contributed by atoms with Gasteiger partial charge in [0.1, 0.15) is 5.75 Å². The molecule has 0 radical (unpaired) electrons. The molecule has 5 nitrogen and oxygen atoms in total. The van der Waals surface area contributed by atoms with Crippen LogP contribution in [0, 0.1) is 0 Å². The van der Waals surface area contributed by atoms with Crippen molar-refractivity contribution in [1.82, 2.24) is 9.55 Å². The van der Waals surface area contributed by atoms with E-state index in [9.17, 15) is 18.0 Å². The number of carbonyl (C=O) groups is 1. The molecule has 1 N–H and O–H groups in total. The highest BCUT2D eigenvalue weighted by molar-refractivity contribution is 7.99. The molecule has 146 valence electrons. The predicted octanol–water partition coefficient (Wildman–Crippen LogP) is 4.63. The van der Waals surface area contributed by atoms with Gasteiger partial charge >= 0.3 is 6.18 Å². The smallest absolute Gasteiger partial charge is 0.416 e. The van der Waals surface area contributed by atoms with Gasteiger partial charge in [0.15, 0.2) is 5.16 Å². The van der Waals surface area contributed by atoms with Gasteiger partial charge in [-0.05, 0) is 42.5 Å². The first kappa shape index (κ1) is 19.8. The SMILES string of the molecule is COc1ccc(-n2ccnc2SCC(=O)Nc2cccc(C(F)(F)F)c2)cc1. The summed E-state index contributed by atoms with van der Waals surface area (Å²) in [4.78, 5) is 16.4. The Labute approximate surface area is 163 Å². The van der Waals surface area contributed by atoms with E-state index < -0.39 is 17.6 Å². The molecular formula is C19H16F3N3O2S. The van der Waals surface area contributed by atoms with E-state index in [1.54, 1.807) is 19.5 Å². The fraction of sp³-hybridized carbons (Fsp3) is 0.158. The van der Waals surface area contributed by atoms with Gasteiger partial charge in [0, 0.05) is 23.8 Å². The molecule has 0 spiro atoms. The molecule has 0 saturated carbocycles. The molecule has 0 atom stereocenters. The van der Waals surface area contributed by atoms with Crippen LogP contribution in [-0.4, -0.2) is 28.3 Å². The number of hydrogen-bond acceptors (Lipinski definition) is 4. The number of thioether (sulfide) groups is 1. The second-order valence-corrected chi connectivity index (χ2v) is 6.64. The highest BCUT2D eigenvalue weighted by Gasteiger charge is 2.30. The molecule has 2 aromatic carbocycles. The number of hydrogen-bond donors (Lipinski definition) is 1. The summed E-state index contributed by atoms with van der Waals surface area (Å²) in [5.74, 6) is 0.302. The van der Waals surface area contributed by atoms with Crippen molar-refractivity contribution in [3.8, 4) is 11.4 Å². The number of nitrogens with zero attached hydrogens (tertiary/aromatic N) is 2.